The molecular formula is C12H16BrNO2S. The Morgan fingerprint density at radius 3 is 2.65 bits per heavy atom. The molecule has 0 amide bonds. The zero-order chi connectivity index (χ0) is 12.6. The van der Waals surface area contributed by atoms with Gasteiger partial charge in [-0.05, 0) is 40.5 Å². The monoisotopic (exact) mass is 317 g/mol. The second kappa shape index (κ2) is 4.71. The van der Waals surface area contributed by atoms with Crippen molar-refractivity contribution in [1.29, 1.82) is 0 Å². The molecule has 0 radical (unpaired) electrons. The number of hydrogen-bond donors (Lipinski definition) is 1. The second-order valence-corrected chi connectivity index (χ2v) is 7.14. The van der Waals surface area contributed by atoms with Gasteiger partial charge < -0.3 is 5.32 Å². The molecule has 1 heterocycles. The summed E-state index contributed by atoms with van der Waals surface area (Å²) in [6.45, 7) is 4.68. The van der Waals surface area contributed by atoms with Gasteiger partial charge in [-0.3, -0.25) is 0 Å². The van der Waals surface area contributed by atoms with E-state index >= 15 is 0 Å². The van der Waals surface area contributed by atoms with Crippen LogP contribution in [0.15, 0.2) is 27.6 Å². The standard InChI is InChI=1S/C12H16BrNO2S/c1-3-10-11(14-4-2)8-6-5-7-9(13)12(8)17(10,15)16/h5-7,10-11,14H,3-4H2,1-2H3. The van der Waals surface area contributed by atoms with Gasteiger partial charge in [0.2, 0.25) is 0 Å². The van der Waals surface area contributed by atoms with Crippen molar-refractivity contribution in [3.8, 4) is 0 Å². The minimum atomic E-state index is -3.21. The number of hydrogen-bond acceptors (Lipinski definition) is 3. The van der Waals surface area contributed by atoms with Crippen LogP contribution in [0.2, 0.25) is 0 Å². The fourth-order valence-electron chi connectivity index (χ4n) is 2.52. The summed E-state index contributed by atoms with van der Waals surface area (Å²) < 4.78 is 25.6. The molecule has 2 rings (SSSR count). The number of halogens is 1. The van der Waals surface area contributed by atoms with E-state index in [4.69, 9.17) is 0 Å². The van der Waals surface area contributed by atoms with Crippen molar-refractivity contribution in [2.24, 2.45) is 0 Å². The predicted octanol–water partition coefficient (Wildman–Crippen LogP) is 2.67. The number of benzene rings is 1. The summed E-state index contributed by atoms with van der Waals surface area (Å²) >= 11 is 3.35. The van der Waals surface area contributed by atoms with Crippen molar-refractivity contribution in [1.82, 2.24) is 5.32 Å². The van der Waals surface area contributed by atoms with Crippen molar-refractivity contribution in [3.63, 3.8) is 0 Å². The third-order valence-electron chi connectivity index (χ3n) is 3.21. The van der Waals surface area contributed by atoms with Gasteiger partial charge in [0.15, 0.2) is 9.84 Å². The van der Waals surface area contributed by atoms with E-state index < -0.39 is 9.84 Å². The lowest BCUT2D eigenvalue weighted by atomic mass is 10.0. The van der Waals surface area contributed by atoms with E-state index in [0.29, 0.717) is 15.8 Å². The van der Waals surface area contributed by atoms with Gasteiger partial charge in [0.25, 0.3) is 0 Å². The molecule has 0 fully saturated rings. The molecule has 1 aromatic carbocycles. The highest BCUT2D eigenvalue weighted by Gasteiger charge is 2.44. The minimum absolute atomic E-state index is 0.0810. The third-order valence-corrected chi connectivity index (χ3v) is 6.56. The average Bonchev–Trinajstić information content (AvgIpc) is 2.48. The maximum atomic E-state index is 12.5. The quantitative estimate of drug-likeness (QED) is 0.932. The zero-order valence-electron chi connectivity index (χ0n) is 9.90. The highest BCUT2D eigenvalue weighted by Crippen LogP contribution is 2.43. The summed E-state index contributed by atoms with van der Waals surface area (Å²) in [5.74, 6) is 0. The molecule has 17 heavy (non-hydrogen) atoms. The summed E-state index contributed by atoms with van der Waals surface area (Å²) in [7, 11) is -3.21. The highest BCUT2D eigenvalue weighted by molar-refractivity contribution is 9.10. The van der Waals surface area contributed by atoms with Gasteiger partial charge in [-0.2, -0.15) is 0 Å². The Hall–Kier alpha value is -0.390. The average molecular weight is 318 g/mol. The third kappa shape index (κ3) is 1.94. The van der Waals surface area contributed by atoms with Crippen LogP contribution in [-0.2, 0) is 9.84 Å². The SMILES string of the molecule is CCNC1c2cccc(Br)c2S(=O)(=O)C1CC. The highest BCUT2D eigenvalue weighted by atomic mass is 79.9. The predicted molar refractivity (Wildman–Crippen MR) is 71.8 cm³/mol. The smallest absolute Gasteiger partial charge is 0.184 e. The van der Waals surface area contributed by atoms with Gasteiger partial charge in [-0.15, -0.1) is 0 Å². The van der Waals surface area contributed by atoms with Gasteiger partial charge in [-0.1, -0.05) is 26.0 Å². The Morgan fingerprint density at radius 1 is 1.35 bits per heavy atom. The van der Waals surface area contributed by atoms with E-state index in [-0.39, 0.29) is 11.3 Å². The van der Waals surface area contributed by atoms with Crippen molar-refractivity contribution in [3.05, 3.63) is 28.2 Å². The van der Waals surface area contributed by atoms with E-state index in [9.17, 15) is 8.42 Å². The summed E-state index contributed by atoms with van der Waals surface area (Å²) in [5, 5.41) is 2.93. The maximum Gasteiger partial charge on any atom is 0.184 e. The van der Waals surface area contributed by atoms with Gasteiger partial charge in [0.05, 0.1) is 16.2 Å². The Kier molecular flexibility index (Phi) is 3.61. The van der Waals surface area contributed by atoms with E-state index in [1.807, 2.05) is 26.0 Å². The first-order valence-electron chi connectivity index (χ1n) is 5.79. The topological polar surface area (TPSA) is 46.2 Å². The van der Waals surface area contributed by atoms with E-state index in [0.717, 1.165) is 12.1 Å². The van der Waals surface area contributed by atoms with Gasteiger partial charge in [0, 0.05) is 4.47 Å². The van der Waals surface area contributed by atoms with Crippen molar-refractivity contribution in [2.45, 2.75) is 36.5 Å². The van der Waals surface area contributed by atoms with Crippen molar-refractivity contribution >= 4 is 25.8 Å². The van der Waals surface area contributed by atoms with Crippen LogP contribution >= 0.6 is 15.9 Å². The zero-order valence-corrected chi connectivity index (χ0v) is 12.3. The molecule has 0 saturated carbocycles. The maximum absolute atomic E-state index is 12.5. The number of nitrogens with one attached hydrogen (secondary N) is 1. The largest absolute Gasteiger partial charge is 0.309 e. The molecule has 2 atom stereocenters. The molecule has 3 nitrogen and oxygen atoms in total. The van der Waals surface area contributed by atoms with Crippen LogP contribution < -0.4 is 5.32 Å². The molecule has 0 saturated heterocycles. The van der Waals surface area contributed by atoms with Crippen LogP contribution in [0.25, 0.3) is 0 Å². The summed E-state index contributed by atoms with van der Waals surface area (Å²) in [4.78, 5) is 0.470. The molecule has 0 aromatic heterocycles. The lowest BCUT2D eigenvalue weighted by Gasteiger charge is -2.18. The summed E-state index contributed by atoms with van der Waals surface area (Å²) in [6.07, 6.45) is 0.626. The lowest BCUT2D eigenvalue weighted by Crippen LogP contribution is -2.31. The first-order valence-corrected chi connectivity index (χ1v) is 8.13. The van der Waals surface area contributed by atoms with E-state index in [1.165, 1.54) is 0 Å². The van der Waals surface area contributed by atoms with E-state index in [2.05, 4.69) is 21.2 Å². The van der Waals surface area contributed by atoms with Gasteiger partial charge >= 0.3 is 0 Å². The second-order valence-electron chi connectivity index (χ2n) is 4.19. The molecule has 1 N–H and O–H groups in total. The Labute approximate surface area is 111 Å². The summed E-state index contributed by atoms with van der Waals surface area (Å²) in [5.41, 5.74) is 0.896. The molecule has 0 aliphatic carbocycles. The fourth-order valence-corrected chi connectivity index (χ4v) is 5.78. The van der Waals surface area contributed by atoms with Crippen LogP contribution in [0, 0.1) is 0 Å². The first-order chi connectivity index (χ1) is 8.04. The number of rotatable bonds is 3. The molecule has 5 heteroatoms. The van der Waals surface area contributed by atoms with Crippen LogP contribution in [0.5, 0.6) is 0 Å². The minimum Gasteiger partial charge on any atom is -0.309 e. The first kappa shape index (κ1) is 13.1. The normalized spacial score (nSPS) is 25.8. The van der Waals surface area contributed by atoms with Crippen LogP contribution in [-0.4, -0.2) is 20.2 Å². The molecule has 0 spiro atoms. The fraction of sp³-hybridized carbons (Fsp3) is 0.500. The Balaban J connectivity index is 2.64. The molecule has 2 unspecified atom stereocenters. The van der Waals surface area contributed by atoms with Crippen LogP contribution in [0.3, 0.4) is 0 Å². The Morgan fingerprint density at radius 2 is 2.06 bits per heavy atom. The van der Waals surface area contributed by atoms with Gasteiger partial charge in [-0.25, -0.2) is 8.42 Å². The molecular weight excluding hydrogens is 302 g/mol. The summed E-state index contributed by atoms with van der Waals surface area (Å²) in [6, 6.07) is 5.50. The number of sulfone groups is 1. The van der Waals surface area contributed by atoms with Crippen molar-refractivity contribution in [2.75, 3.05) is 6.54 Å². The lowest BCUT2D eigenvalue weighted by molar-refractivity contribution is 0.505. The van der Waals surface area contributed by atoms with Crippen LogP contribution in [0.1, 0.15) is 31.9 Å². The van der Waals surface area contributed by atoms with Crippen LogP contribution in [0.4, 0.5) is 0 Å². The molecule has 1 aromatic rings. The molecule has 1 aliphatic rings. The molecule has 94 valence electrons. The Bertz CT molecular complexity index is 527. The van der Waals surface area contributed by atoms with E-state index in [1.54, 1.807) is 6.07 Å². The van der Waals surface area contributed by atoms with Crippen molar-refractivity contribution < 1.29 is 8.42 Å². The molecule has 0 bridgehead atoms. The molecule has 1 aliphatic heterocycles. The van der Waals surface area contributed by atoms with Gasteiger partial charge in [0.1, 0.15) is 0 Å². The number of fused-ring (bicyclic) bond motifs is 1.